The van der Waals surface area contributed by atoms with Crippen molar-refractivity contribution in [1.29, 1.82) is 0 Å². The van der Waals surface area contributed by atoms with E-state index in [-0.39, 0.29) is 47.8 Å². The van der Waals surface area contributed by atoms with Crippen LogP contribution in [0.2, 0.25) is 0 Å². The Labute approximate surface area is 230 Å². The molecule has 0 aliphatic heterocycles. The van der Waals surface area contributed by atoms with Crippen LogP contribution in [0.15, 0.2) is 0 Å². The van der Waals surface area contributed by atoms with Crippen LogP contribution in [-0.2, 0) is 17.1 Å². The van der Waals surface area contributed by atoms with Crippen LogP contribution in [-0.4, -0.2) is 34.5 Å². The number of hydrogen-bond acceptors (Lipinski definition) is 0. The Bertz CT molecular complexity index is 461. The van der Waals surface area contributed by atoms with E-state index in [0.717, 1.165) is 28.6 Å². The van der Waals surface area contributed by atoms with Crippen LogP contribution in [0.4, 0.5) is 0 Å². The largest absolute Gasteiger partial charge is 2.00 e. The molecule has 0 aromatic rings. The van der Waals surface area contributed by atoms with Gasteiger partial charge in [0.05, 0.1) is 0 Å². The monoisotopic (exact) mass is 552 g/mol. The molecule has 0 nitrogen and oxygen atoms in total. The van der Waals surface area contributed by atoms with Gasteiger partial charge < -0.3 is 14.9 Å². The summed E-state index contributed by atoms with van der Waals surface area (Å²) in [5.41, 5.74) is 4.42. The molecule has 4 saturated carbocycles. The third kappa shape index (κ3) is 10.3. The van der Waals surface area contributed by atoms with Gasteiger partial charge in [-0.1, -0.05) is 113 Å². The summed E-state index contributed by atoms with van der Waals surface area (Å²) in [6.07, 6.45) is 27.8. The van der Waals surface area contributed by atoms with Crippen molar-refractivity contribution in [3.63, 3.8) is 0 Å². The molecule has 4 aliphatic rings. The van der Waals surface area contributed by atoms with Gasteiger partial charge in [-0.05, 0) is 78.9 Å². The normalized spacial score (nSPS) is 28.1. The first-order valence-electron chi connectivity index (χ1n) is 14.4. The molecule has 4 atom stereocenters. The second-order valence-electron chi connectivity index (χ2n) is 12.5. The van der Waals surface area contributed by atoms with Crippen molar-refractivity contribution in [3.8, 4) is 0 Å². The molecule has 3 unspecified atom stereocenters. The zero-order valence-electron chi connectivity index (χ0n) is 24.4. The first-order chi connectivity index (χ1) is 14.9. The van der Waals surface area contributed by atoms with E-state index in [0.29, 0.717) is 5.16 Å². The van der Waals surface area contributed by atoms with Gasteiger partial charge in [-0.2, -0.15) is 0 Å². The Morgan fingerprint density at radius 3 is 1.35 bits per heavy atom. The molecule has 0 amide bonds. The summed E-state index contributed by atoms with van der Waals surface area (Å²) in [4.78, 5) is 0. The quantitative estimate of drug-likeness (QED) is 0.181. The summed E-state index contributed by atoms with van der Waals surface area (Å²) < 4.78 is 0. The van der Waals surface area contributed by atoms with Gasteiger partial charge in [0.25, 0.3) is 0 Å². The van der Waals surface area contributed by atoms with Crippen LogP contribution >= 0.6 is 15.8 Å². The Kier molecular flexibility index (Phi) is 18.5. The minimum Gasteiger partial charge on any atom is -0.358 e. The van der Waals surface area contributed by atoms with Crippen LogP contribution < -0.4 is 0 Å². The zero-order valence-corrected chi connectivity index (χ0v) is 27.3. The maximum absolute atomic E-state index is 2.66. The molecule has 0 saturated heterocycles. The molecule has 0 bridgehead atoms. The summed E-state index contributed by atoms with van der Waals surface area (Å²) >= 11 is 0. The minimum atomic E-state index is 0. The molecule has 34 heavy (non-hydrogen) atoms. The Hall–Kier alpha value is 1.38. The van der Waals surface area contributed by atoms with Crippen molar-refractivity contribution in [2.75, 3.05) is 6.66 Å². The SMILES string of the molecule is C1CCCC1.C[C@H](C1CCCC1P(C1CCCCC1)C1CCCCC1)P(C)C(C)(C)C.[CH3-].[CH3-].[Fe+2]. The summed E-state index contributed by atoms with van der Waals surface area (Å²) in [6.45, 7) is 12.8. The van der Waals surface area contributed by atoms with Gasteiger partial charge in [0.15, 0.2) is 0 Å². The number of rotatable bonds is 5. The molecule has 0 aromatic carbocycles. The third-order valence-corrected chi connectivity index (χ3v) is 17.3. The molecule has 0 radical (unpaired) electrons. The molecule has 4 aliphatic carbocycles. The van der Waals surface area contributed by atoms with Crippen molar-refractivity contribution >= 4 is 15.8 Å². The zero-order chi connectivity index (χ0) is 22.3. The van der Waals surface area contributed by atoms with Gasteiger partial charge in [0, 0.05) is 0 Å². The van der Waals surface area contributed by atoms with Crippen LogP contribution in [0.5, 0.6) is 0 Å². The van der Waals surface area contributed by atoms with Crippen molar-refractivity contribution < 1.29 is 17.1 Å². The average molecular weight is 553 g/mol. The van der Waals surface area contributed by atoms with Gasteiger partial charge in [0.1, 0.15) is 0 Å². The molecular formula is C31H62FeP2. The van der Waals surface area contributed by atoms with Crippen LogP contribution in [0.3, 0.4) is 0 Å². The Morgan fingerprint density at radius 2 is 0.971 bits per heavy atom. The van der Waals surface area contributed by atoms with E-state index in [1.807, 2.05) is 0 Å². The van der Waals surface area contributed by atoms with E-state index in [2.05, 4.69) is 34.4 Å². The molecule has 0 aromatic heterocycles. The fraction of sp³-hybridized carbons (Fsp3) is 0.935. The molecular weight excluding hydrogens is 490 g/mol. The Morgan fingerprint density at radius 1 is 0.588 bits per heavy atom. The van der Waals surface area contributed by atoms with Crippen molar-refractivity contribution in [3.05, 3.63) is 14.9 Å². The molecule has 3 heteroatoms. The van der Waals surface area contributed by atoms with Crippen LogP contribution in [0.1, 0.15) is 143 Å². The molecule has 204 valence electrons. The van der Waals surface area contributed by atoms with Crippen LogP contribution in [0.25, 0.3) is 0 Å². The van der Waals surface area contributed by atoms with E-state index >= 15 is 0 Å². The van der Waals surface area contributed by atoms with Crippen LogP contribution in [0, 0.1) is 20.8 Å². The fourth-order valence-corrected chi connectivity index (χ4v) is 14.5. The van der Waals surface area contributed by atoms with E-state index in [4.69, 9.17) is 0 Å². The second-order valence-corrected chi connectivity index (χ2v) is 18.9. The van der Waals surface area contributed by atoms with E-state index in [1.165, 1.54) is 44.9 Å². The summed E-state index contributed by atoms with van der Waals surface area (Å²) in [7, 11) is 0.410. The van der Waals surface area contributed by atoms with Crippen molar-refractivity contribution in [1.82, 2.24) is 0 Å². The standard InChI is InChI=1S/C24H46P2.C5H10.2CH3.Fe/c1-19(25(5)24(2,3)4)22-17-12-18-23(22)26(20-13-8-6-9-14-20)21-15-10-7-11-16-21;1-2-4-5-3-1;;;/h19-23H,6-18H2,1-5H3;1-5H2;2*1H3;/q;;2*-1;+2/t19-,22?,23?,25?;;;;/m1..../s1. The van der Waals surface area contributed by atoms with Gasteiger partial charge in [-0.3, -0.25) is 0 Å². The van der Waals surface area contributed by atoms with Gasteiger partial charge in [0.2, 0.25) is 0 Å². The van der Waals surface area contributed by atoms with Crippen molar-refractivity contribution in [2.45, 2.75) is 171 Å². The van der Waals surface area contributed by atoms with E-state index in [1.54, 1.807) is 70.6 Å². The first kappa shape index (κ1) is 35.4. The predicted octanol–water partition coefficient (Wildman–Crippen LogP) is 11.4. The van der Waals surface area contributed by atoms with Gasteiger partial charge in [-0.25, -0.2) is 0 Å². The van der Waals surface area contributed by atoms with Crippen molar-refractivity contribution in [2.24, 2.45) is 5.92 Å². The smallest absolute Gasteiger partial charge is 0.358 e. The molecule has 4 rings (SSSR count). The molecule has 0 heterocycles. The van der Waals surface area contributed by atoms with E-state index in [9.17, 15) is 0 Å². The molecule has 4 fully saturated rings. The summed E-state index contributed by atoms with van der Waals surface area (Å²) in [6, 6.07) is 0. The number of hydrogen-bond donors (Lipinski definition) is 0. The maximum atomic E-state index is 2.66. The maximum Gasteiger partial charge on any atom is 2.00 e. The summed E-state index contributed by atoms with van der Waals surface area (Å²) in [5.74, 6) is 1.07. The van der Waals surface area contributed by atoms with Gasteiger partial charge in [-0.15, -0.1) is 7.92 Å². The Balaban J connectivity index is 0.00000121. The molecule has 0 N–H and O–H groups in total. The summed E-state index contributed by atoms with van der Waals surface area (Å²) in [5, 5.41) is 0.528. The fourth-order valence-electron chi connectivity index (χ4n) is 7.28. The minimum absolute atomic E-state index is 0. The second kappa shape index (κ2) is 17.8. The van der Waals surface area contributed by atoms with Gasteiger partial charge >= 0.3 is 17.1 Å². The third-order valence-electron chi connectivity index (χ3n) is 9.45. The predicted molar refractivity (Wildman–Crippen MR) is 160 cm³/mol. The topological polar surface area (TPSA) is 0 Å². The average Bonchev–Trinajstić information content (AvgIpc) is 3.49. The molecule has 0 spiro atoms. The first-order valence-corrected chi connectivity index (χ1v) is 17.8. The van der Waals surface area contributed by atoms with E-state index < -0.39 is 0 Å².